The predicted molar refractivity (Wildman–Crippen MR) is 75.2 cm³/mol. The Morgan fingerprint density at radius 1 is 1.43 bits per heavy atom. The molecular weight excluding hydrogens is 300 g/mol. The van der Waals surface area contributed by atoms with Crippen molar-refractivity contribution >= 4 is 22.0 Å². The van der Waals surface area contributed by atoms with Crippen molar-refractivity contribution in [1.82, 2.24) is 9.62 Å². The summed E-state index contributed by atoms with van der Waals surface area (Å²) in [6.45, 7) is 2.75. The van der Waals surface area contributed by atoms with Gasteiger partial charge in [0, 0.05) is 13.1 Å². The van der Waals surface area contributed by atoms with Gasteiger partial charge in [0.25, 0.3) is 0 Å². The average Bonchev–Trinajstić information content (AvgIpc) is 2.38. The molecule has 1 aliphatic heterocycles. The Morgan fingerprint density at radius 3 is 2.76 bits per heavy atom. The maximum absolute atomic E-state index is 12.1. The smallest absolute Gasteiger partial charge is 0.322 e. The molecule has 0 amide bonds. The molecule has 1 unspecified atom stereocenters. The number of aliphatic carboxylic acids is 1. The summed E-state index contributed by atoms with van der Waals surface area (Å²) in [4.78, 5) is 21.8. The highest BCUT2D eigenvalue weighted by molar-refractivity contribution is 7.89. The molecule has 122 valence electrons. The fourth-order valence-corrected chi connectivity index (χ4v) is 3.68. The van der Waals surface area contributed by atoms with Crippen molar-refractivity contribution in [3.8, 4) is 0 Å². The molecule has 0 aromatic heterocycles. The number of hydrogen-bond acceptors (Lipinski definition) is 6. The Kier molecular flexibility index (Phi) is 7.06. The summed E-state index contributed by atoms with van der Waals surface area (Å²) in [7, 11) is -3.66. The van der Waals surface area contributed by atoms with Crippen LogP contribution in [0.1, 0.15) is 19.8 Å². The normalized spacial score (nSPS) is 20.1. The van der Waals surface area contributed by atoms with E-state index in [2.05, 4.69) is 10.1 Å². The molecule has 1 fully saturated rings. The number of carbonyl (C=O) groups excluding carboxylic acids is 1. The van der Waals surface area contributed by atoms with E-state index in [1.807, 2.05) is 0 Å². The van der Waals surface area contributed by atoms with Crippen molar-refractivity contribution in [2.45, 2.75) is 19.8 Å². The van der Waals surface area contributed by atoms with Crippen LogP contribution in [0.25, 0.3) is 0 Å². The van der Waals surface area contributed by atoms with Crippen LogP contribution in [-0.4, -0.2) is 68.3 Å². The first-order valence-electron chi connectivity index (χ1n) is 6.91. The SMILES string of the molecule is CCOC(=O)CS(=O)(=O)N1CCCC(CNCC(=O)O)C1. The fraction of sp³-hybridized carbons (Fsp3) is 0.833. The third kappa shape index (κ3) is 6.40. The van der Waals surface area contributed by atoms with Gasteiger partial charge in [-0.05, 0) is 32.2 Å². The molecule has 21 heavy (non-hydrogen) atoms. The predicted octanol–water partition coefficient (Wildman–Crippen LogP) is -0.734. The van der Waals surface area contributed by atoms with E-state index in [-0.39, 0.29) is 19.1 Å². The van der Waals surface area contributed by atoms with Gasteiger partial charge in [0.15, 0.2) is 5.75 Å². The number of nitrogens with zero attached hydrogens (tertiary/aromatic N) is 1. The fourth-order valence-electron chi connectivity index (χ4n) is 2.27. The number of carboxylic acids is 1. The zero-order valence-electron chi connectivity index (χ0n) is 12.1. The lowest BCUT2D eigenvalue weighted by molar-refractivity contribution is -0.140. The number of esters is 1. The van der Waals surface area contributed by atoms with E-state index in [9.17, 15) is 18.0 Å². The van der Waals surface area contributed by atoms with Gasteiger partial charge in [0.2, 0.25) is 10.0 Å². The van der Waals surface area contributed by atoms with E-state index in [0.717, 1.165) is 6.42 Å². The van der Waals surface area contributed by atoms with Crippen LogP contribution in [0.2, 0.25) is 0 Å². The zero-order valence-corrected chi connectivity index (χ0v) is 12.9. The lowest BCUT2D eigenvalue weighted by atomic mass is 10.00. The van der Waals surface area contributed by atoms with Crippen LogP contribution in [-0.2, 0) is 24.3 Å². The van der Waals surface area contributed by atoms with Crippen molar-refractivity contribution < 1.29 is 27.9 Å². The molecule has 1 saturated heterocycles. The number of ether oxygens (including phenoxy) is 1. The quantitative estimate of drug-likeness (QED) is 0.566. The Labute approximate surface area is 124 Å². The minimum absolute atomic E-state index is 0.0510. The number of rotatable bonds is 8. The third-order valence-corrected chi connectivity index (χ3v) is 4.91. The Balaban J connectivity index is 2.50. The van der Waals surface area contributed by atoms with Crippen LogP contribution in [0, 0.1) is 5.92 Å². The Hall–Kier alpha value is -1.19. The van der Waals surface area contributed by atoms with Gasteiger partial charge in [0.05, 0.1) is 13.2 Å². The highest BCUT2D eigenvalue weighted by atomic mass is 32.2. The summed E-state index contributed by atoms with van der Waals surface area (Å²) in [6.07, 6.45) is 1.53. The van der Waals surface area contributed by atoms with Crippen LogP contribution in [0.3, 0.4) is 0 Å². The molecule has 0 aromatic rings. The second-order valence-corrected chi connectivity index (χ2v) is 6.92. The van der Waals surface area contributed by atoms with Crippen molar-refractivity contribution in [2.75, 3.05) is 38.5 Å². The Morgan fingerprint density at radius 2 is 2.14 bits per heavy atom. The van der Waals surface area contributed by atoms with Crippen LogP contribution < -0.4 is 5.32 Å². The van der Waals surface area contributed by atoms with Crippen LogP contribution >= 0.6 is 0 Å². The molecular formula is C12H22N2O6S. The van der Waals surface area contributed by atoms with Crippen LogP contribution in [0.5, 0.6) is 0 Å². The first kappa shape index (κ1) is 17.9. The molecule has 1 rings (SSSR count). The minimum atomic E-state index is -3.66. The number of nitrogens with one attached hydrogen (secondary N) is 1. The zero-order chi connectivity index (χ0) is 15.9. The van der Waals surface area contributed by atoms with E-state index in [0.29, 0.717) is 26.1 Å². The molecule has 2 N–H and O–H groups in total. The van der Waals surface area contributed by atoms with Crippen LogP contribution in [0.4, 0.5) is 0 Å². The van der Waals surface area contributed by atoms with Gasteiger partial charge in [-0.2, -0.15) is 0 Å². The van der Waals surface area contributed by atoms with E-state index in [1.54, 1.807) is 6.92 Å². The molecule has 8 nitrogen and oxygen atoms in total. The second-order valence-electron chi connectivity index (χ2n) is 4.95. The first-order chi connectivity index (χ1) is 9.85. The molecule has 0 aromatic carbocycles. The summed E-state index contributed by atoms with van der Waals surface area (Å²) in [6, 6.07) is 0. The van der Waals surface area contributed by atoms with Gasteiger partial charge in [-0.3, -0.25) is 9.59 Å². The number of carboxylic acid groups (broad SMARTS) is 1. The number of piperidine rings is 1. The van der Waals surface area contributed by atoms with Gasteiger partial charge >= 0.3 is 11.9 Å². The van der Waals surface area contributed by atoms with Crippen molar-refractivity contribution in [2.24, 2.45) is 5.92 Å². The van der Waals surface area contributed by atoms with Gasteiger partial charge in [-0.15, -0.1) is 0 Å². The van der Waals surface area contributed by atoms with Crippen LogP contribution in [0.15, 0.2) is 0 Å². The molecule has 0 bridgehead atoms. The first-order valence-corrected chi connectivity index (χ1v) is 8.52. The summed E-state index contributed by atoms with van der Waals surface area (Å²) >= 11 is 0. The molecule has 0 saturated carbocycles. The van der Waals surface area contributed by atoms with E-state index >= 15 is 0 Å². The highest BCUT2D eigenvalue weighted by Crippen LogP contribution is 2.19. The largest absolute Gasteiger partial charge is 0.480 e. The molecule has 1 heterocycles. The highest BCUT2D eigenvalue weighted by Gasteiger charge is 2.30. The van der Waals surface area contributed by atoms with Crippen molar-refractivity contribution in [1.29, 1.82) is 0 Å². The summed E-state index contributed by atoms with van der Waals surface area (Å²) in [5.74, 6) is -2.29. The monoisotopic (exact) mass is 322 g/mol. The lowest BCUT2D eigenvalue weighted by Crippen LogP contribution is -2.45. The number of sulfonamides is 1. The minimum Gasteiger partial charge on any atom is -0.480 e. The Bertz CT molecular complexity index is 464. The summed E-state index contributed by atoms with van der Waals surface area (Å²) in [5.41, 5.74) is 0. The maximum atomic E-state index is 12.1. The number of carbonyl (C=O) groups is 2. The molecule has 0 aliphatic carbocycles. The topological polar surface area (TPSA) is 113 Å². The third-order valence-electron chi connectivity index (χ3n) is 3.19. The van der Waals surface area contributed by atoms with Gasteiger partial charge in [-0.1, -0.05) is 0 Å². The molecule has 9 heteroatoms. The van der Waals surface area contributed by atoms with Crippen molar-refractivity contribution in [3.63, 3.8) is 0 Å². The molecule has 1 atom stereocenters. The maximum Gasteiger partial charge on any atom is 0.322 e. The van der Waals surface area contributed by atoms with E-state index in [4.69, 9.17) is 5.11 Å². The van der Waals surface area contributed by atoms with E-state index < -0.39 is 27.7 Å². The van der Waals surface area contributed by atoms with E-state index in [1.165, 1.54) is 4.31 Å². The summed E-state index contributed by atoms with van der Waals surface area (Å²) < 4.78 is 30.2. The molecule has 0 radical (unpaired) electrons. The van der Waals surface area contributed by atoms with Gasteiger partial charge in [0.1, 0.15) is 0 Å². The molecule has 1 aliphatic rings. The average molecular weight is 322 g/mol. The standard InChI is InChI=1S/C12H22N2O6S/c1-2-20-12(17)9-21(18,19)14-5-3-4-10(8-14)6-13-7-11(15)16/h10,13H,2-9H2,1H3,(H,15,16). The number of hydrogen-bond donors (Lipinski definition) is 2. The second kappa shape index (κ2) is 8.30. The van der Waals surface area contributed by atoms with Gasteiger partial charge < -0.3 is 15.2 Å². The summed E-state index contributed by atoms with van der Waals surface area (Å²) in [5, 5.41) is 11.3. The molecule has 0 spiro atoms. The van der Waals surface area contributed by atoms with Gasteiger partial charge in [-0.25, -0.2) is 12.7 Å². The lowest BCUT2D eigenvalue weighted by Gasteiger charge is -2.31. The van der Waals surface area contributed by atoms with Crippen molar-refractivity contribution in [3.05, 3.63) is 0 Å².